The Morgan fingerprint density at radius 2 is 1.76 bits per heavy atom. The maximum atomic E-state index is 13.3. The van der Waals surface area contributed by atoms with Crippen molar-refractivity contribution in [2.45, 2.75) is 17.6 Å². The molecule has 0 atom stereocenters. The van der Waals surface area contributed by atoms with E-state index in [0.29, 0.717) is 23.1 Å². The average Bonchev–Trinajstić information content (AvgIpc) is 2.99. The Morgan fingerprint density at radius 3 is 2.48 bits per heavy atom. The molecule has 0 aromatic heterocycles. The molecule has 0 saturated carbocycles. The second-order valence-corrected chi connectivity index (χ2v) is 6.92. The number of sulfonamides is 1. The van der Waals surface area contributed by atoms with Gasteiger partial charge in [-0.05, 0) is 35.9 Å². The summed E-state index contributed by atoms with van der Waals surface area (Å²) in [6, 6.07) is 6.23. The highest BCUT2D eigenvalue weighted by Gasteiger charge is 2.35. The fraction of sp³-hybridized carbons (Fsp3) is 0.200. The van der Waals surface area contributed by atoms with Crippen molar-refractivity contribution in [3.05, 3.63) is 53.3 Å². The molecular formula is C15H11F4NO4S. The first-order valence-electron chi connectivity index (χ1n) is 6.92. The molecule has 0 spiro atoms. The number of fused-ring (bicyclic) bond motifs is 1. The fourth-order valence-electron chi connectivity index (χ4n) is 2.20. The zero-order valence-electron chi connectivity index (χ0n) is 12.4. The summed E-state index contributed by atoms with van der Waals surface area (Å²) in [4.78, 5) is -0.679. The lowest BCUT2D eigenvalue weighted by Crippen LogP contribution is -2.24. The van der Waals surface area contributed by atoms with Gasteiger partial charge in [-0.1, -0.05) is 6.07 Å². The van der Waals surface area contributed by atoms with Crippen LogP contribution in [0.25, 0.3) is 0 Å². The van der Waals surface area contributed by atoms with Crippen LogP contribution < -0.4 is 14.2 Å². The summed E-state index contributed by atoms with van der Waals surface area (Å²) in [5.41, 5.74) is -1.12. The van der Waals surface area contributed by atoms with E-state index in [1.54, 1.807) is 18.2 Å². The van der Waals surface area contributed by atoms with Crippen molar-refractivity contribution in [1.82, 2.24) is 4.72 Å². The van der Waals surface area contributed by atoms with Crippen LogP contribution in [0.15, 0.2) is 41.3 Å². The van der Waals surface area contributed by atoms with Crippen molar-refractivity contribution in [1.29, 1.82) is 0 Å². The highest BCUT2D eigenvalue weighted by atomic mass is 32.2. The van der Waals surface area contributed by atoms with Gasteiger partial charge in [-0.25, -0.2) is 17.5 Å². The summed E-state index contributed by atoms with van der Waals surface area (Å²) in [5.74, 6) is -0.583. The van der Waals surface area contributed by atoms with Crippen LogP contribution >= 0.6 is 0 Å². The zero-order valence-corrected chi connectivity index (χ0v) is 13.2. The van der Waals surface area contributed by atoms with Gasteiger partial charge in [-0.15, -0.1) is 0 Å². The van der Waals surface area contributed by atoms with Crippen LogP contribution in [0, 0.1) is 5.82 Å². The molecule has 1 aliphatic rings. The third kappa shape index (κ3) is 3.69. The molecule has 1 aliphatic heterocycles. The summed E-state index contributed by atoms with van der Waals surface area (Å²) < 4.78 is 88.2. The van der Waals surface area contributed by atoms with Crippen molar-refractivity contribution >= 4 is 10.0 Å². The Balaban J connectivity index is 1.80. The lowest BCUT2D eigenvalue weighted by Gasteiger charge is -2.11. The molecule has 2 aromatic rings. The predicted octanol–water partition coefficient (Wildman–Crippen LogP) is 3.05. The first-order valence-corrected chi connectivity index (χ1v) is 8.40. The second kappa shape index (κ2) is 6.19. The molecule has 0 amide bonds. The van der Waals surface area contributed by atoms with Crippen molar-refractivity contribution < 1.29 is 35.5 Å². The lowest BCUT2D eigenvalue weighted by molar-refractivity contribution is -0.140. The minimum absolute atomic E-state index is 0.0559. The summed E-state index contributed by atoms with van der Waals surface area (Å²) in [6.07, 6.45) is -4.99. The highest BCUT2D eigenvalue weighted by Crippen LogP contribution is 2.34. The fourth-order valence-corrected chi connectivity index (χ4v) is 3.24. The van der Waals surface area contributed by atoms with E-state index in [4.69, 9.17) is 9.47 Å². The number of benzene rings is 2. The highest BCUT2D eigenvalue weighted by molar-refractivity contribution is 7.89. The van der Waals surface area contributed by atoms with Crippen LogP contribution in [0.2, 0.25) is 0 Å². The molecule has 2 aromatic carbocycles. The molecule has 3 rings (SSSR count). The van der Waals surface area contributed by atoms with E-state index in [1.165, 1.54) is 0 Å². The number of hydrogen-bond donors (Lipinski definition) is 1. The van der Waals surface area contributed by atoms with Crippen LogP contribution in [0.3, 0.4) is 0 Å². The Morgan fingerprint density at radius 1 is 1.04 bits per heavy atom. The van der Waals surface area contributed by atoms with Gasteiger partial charge < -0.3 is 9.47 Å². The number of rotatable bonds is 4. The van der Waals surface area contributed by atoms with Gasteiger partial charge in [0, 0.05) is 6.54 Å². The molecule has 1 N–H and O–H groups in total. The maximum absolute atomic E-state index is 13.3. The molecule has 0 saturated heterocycles. The van der Waals surface area contributed by atoms with E-state index in [2.05, 4.69) is 4.72 Å². The molecule has 0 unspecified atom stereocenters. The zero-order chi connectivity index (χ0) is 18.2. The molecule has 25 heavy (non-hydrogen) atoms. The van der Waals surface area contributed by atoms with Crippen LogP contribution in [-0.4, -0.2) is 15.2 Å². The van der Waals surface area contributed by atoms with Crippen LogP contribution in [0.5, 0.6) is 11.5 Å². The summed E-state index contributed by atoms with van der Waals surface area (Å²) in [5, 5.41) is 0. The molecule has 0 aliphatic carbocycles. The third-order valence-electron chi connectivity index (χ3n) is 3.46. The largest absolute Gasteiger partial charge is 0.454 e. The number of ether oxygens (including phenoxy) is 2. The van der Waals surface area contributed by atoms with E-state index in [-0.39, 0.29) is 19.4 Å². The normalized spacial score (nSPS) is 13.9. The van der Waals surface area contributed by atoms with Crippen molar-refractivity contribution in [3.63, 3.8) is 0 Å². The van der Waals surface area contributed by atoms with E-state index >= 15 is 0 Å². The molecule has 0 fully saturated rings. The van der Waals surface area contributed by atoms with Crippen molar-refractivity contribution in [2.75, 3.05) is 6.79 Å². The van der Waals surface area contributed by atoms with Gasteiger partial charge in [0.15, 0.2) is 11.5 Å². The monoisotopic (exact) mass is 377 g/mol. The van der Waals surface area contributed by atoms with Gasteiger partial charge in [0.1, 0.15) is 5.82 Å². The first-order chi connectivity index (χ1) is 11.7. The summed E-state index contributed by atoms with van der Waals surface area (Å²) in [6.45, 7) is -0.127. The van der Waals surface area contributed by atoms with E-state index in [0.717, 1.165) is 6.07 Å². The Bertz CT molecular complexity index is 912. The van der Waals surface area contributed by atoms with Crippen molar-refractivity contribution in [3.8, 4) is 11.5 Å². The lowest BCUT2D eigenvalue weighted by atomic mass is 10.2. The van der Waals surface area contributed by atoms with Gasteiger partial charge in [-0.2, -0.15) is 13.2 Å². The molecule has 10 heteroatoms. The predicted molar refractivity (Wildman–Crippen MR) is 78.0 cm³/mol. The SMILES string of the molecule is O=S(=O)(NCc1ccc2c(c1)OCO2)c1ccc(F)c(C(F)(F)F)c1. The topological polar surface area (TPSA) is 64.6 Å². The Kier molecular flexibility index (Phi) is 4.33. The smallest absolute Gasteiger partial charge is 0.419 e. The summed E-state index contributed by atoms with van der Waals surface area (Å²) in [7, 11) is -4.26. The molecule has 5 nitrogen and oxygen atoms in total. The minimum Gasteiger partial charge on any atom is -0.454 e. The summed E-state index contributed by atoms with van der Waals surface area (Å²) >= 11 is 0. The molecule has 1 heterocycles. The van der Waals surface area contributed by atoms with Crippen LogP contribution in [-0.2, 0) is 22.7 Å². The molecule has 0 bridgehead atoms. The van der Waals surface area contributed by atoms with E-state index in [9.17, 15) is 26.0 Å². The average molecular weight is 377 g/mol. The van der Waals surface area contributed by atoms with Gasteiger partial charge in [0.2, 0.25) is 16.8 Å². The van der Waals surface area contributed by atoms with Gasteiger partial charge >= 0.3 is 6.18 Å². The standard InChI is InChI=1S/C15H11F4NO4S/c16-12-3-2-10(6-11(12)15(17,18)19)25(21,22)20-7-9-1-4-13-14(5-9)24-8-23-13/h1-6,20H,7-8H2. The molecular weight excluding hydrogens is 366 g/mol. The van der Waals surface area contributed by atoms with E-state index in [1.807, 2.05) is 0 Å². The number of nitrogens with one attached hydrogen (secondary N) is 1. The maximum Gasteiger partial charge on any atom is 0.419 e. The molecule has 134 valence electrons. The van der Waals surface area contributed by atoms with E-state index < -0.39 is 32.5 Å². The molecule has 0 radical (unpaired) electrons. The Labute approximate surface area is 140 Å². The second-order valence-electron chi connectivity index (χ2n) is 5.15. The number of alkyl halides is 3. The van der Waals surface area contributed by atoms with Gasteiger partial charge in [-0.3, -0.25) is 0 Å². The number of hydrogen-bond acceptors (Lipinski definition) is 4. The quantitative estimate of drug-likeness (QED) is 0.832. The minimum atomic E-state index is -4.99. The third-order valence-corrected chi connectivity index (χ3v) is 4.86. The number of halogens is 4. The first kappa shape index (κ1) is 17.5. The van der Waals surface area contributed by atoms with Gasteiger partial charge in [0.25, 0.3) is 0 Å². The van der Waals surface area contributed by atoms with Crippen molar-refractivity contribution in [2.24, 2.45) is 0 Å². The van der Waals surface area contributed by atoms with Gasteiger partial charge in [0.05, 0.1) is 10.5 Å². The Hall–Kier alpha value is -2.33. The van der Waals surface area contributed by atoms with Crippen LogP contribution in [0.4, 0.5) is 17.6 Å². The van der Waals surface area contributed by atoms with Crippen LogP contribution in [0.1, 0.15) is 11.1 Å².